The topological polar surface area (TPSA) is 34.6 Å². The van der Waals surface area contributed by atoms with Crippen LogP contribution in [0, 0.1) is 0 Å². The van der Waals surface area contributed by atoms with E-state index in [4.69, 9.17) is 0 Å². The summed E-state index contributed by atoms with van der Waals surface area (Å²) >= 11 is 1.87. The molecule has 1 aromatic rings. The summed E-state index contributed by atoms with van der Waals surface area (Å²) in [5, 5.41) is 4.60. The van der Waals surface area contributed by atoms with Crippen molar-refractivity contribution in [2.75, 3.05) is 64.3 Å². The van der Waals surface area contributed by atoms with E-state index in [-0.39, 0.29) is 0 Å². The summed E-state index contributed by atoms with van der Waals surface area (Å²) in [6.45, 7) is 10.1. The predicted molar refractivity (Wildman–Crippen MR) is 80.0 cm³/mol. The number of nitrogens with one attached hydrogen (secondary N) is 1. The van der Waals surface area contributed by atoms with Crippen molar-refractivity contribution >= 4 is 16.5 Å². The molecule has 0 amide bonds. The number of hydrogen-bond donors (Lipinski definition) is 1. The number of nitrogens with zero attached hydrogens (tertiary/aromatic N) is 4. The standard InChI is InChI=1S/C13H23N5S/c1-16-6-8-18(9-7-16)13-15-10-12(19-13)11-17-4-2-14-3-5-17/h10,14H,2-9,11H2,1H3. The molecule has 1 aromatic heterocycles. The first-order chi connectivity index (χ1) is 9.31. The van der Waals surface area contributed by atoms with E-state index < -0.39 is 0 Å². The average molecular weight is 281 g/mol. The van der Waals surface area contributed by atoms with E-state index in [2.05, 4.69) is 38.2 Å². The second-order valence-electron chi connectivity index (χ2n) is 5.43. The quantitative estimate of drug-likeness (QED) is 0.862. The van der Waals surface area contributed by atoms with Gasteiger partial charge in [0.1, 0.15) is 0 Å². The Labute approximate surface area is 119 Å². The zero-order valence-corrected chi connectivity index (χ0v) is 12.5. The Kier molecular flexibility index (Phi) is 4.32. The van der Waals surface area contributed by atoms with E-state index in [9.17, 15) is 0 Å². The van der Waals surface area contributed by atoms with Crippen LogP contribution in [0.15, 0.2) is 6.20 Å². The van der Waals surface area contributed by atoms with Crippen LogP contribution in [0.3, 0.4) is 0 Å². The van der Waals surface area contributed by atoms with Gasteiger partial charge in [-0.1, -0.05) is 0 Å². The molecule has 0 aliphatic carbocycles. The molecule has 3 heterocycles. The van der Waals surface area contributed by atoms with Crippen molar-refractivity contribution in [3.05, 3.63) is 11.1 Å². The summed E-state index contributed by atoms with van der Waals surface area (Å²) < 4.78 is 0. The van der Waals surface area contributed by atoms with Crippen LogP contribution in [-0.2, 0) is 6.54 Å². The summed E-state index contributed by atoms with van der Waals surface area (Å²) in [7, 11) is 2.19. The highest BCUT2D eigenvalue weighted by Gasteiger charge is 2.18. The smallest absolute Gasteiger partial charge is 0.185 e. The number of aromatic nitrogens is 1. The molecule has 2 aliphatic heterocycles. The van der Waals surface area contributed by atoms with Crippen molar-refractivity contribution in [2.45, 2.75) is 6.54 Å². The molecular weight excluding hydrogens is 258 g/mol. The fourth-order valence-corrected chi connectivity index (χ4v) is 3.61. The molecule has 3 rings (SSSR count). The van der Waals surface area contributed by atoms with Crippen molar-refractivity contribution in [3.8, 4) is 0 Å². The summed E-state index contributed by atoms with van der Waals surface area (Å²) in [5.41, 5.74) is 0. The molecule has 0 atom stereocenters. The van der Waals surface area contributed by atoms with E-state index >= 15 is 0 Å². The van der Waals surface area contributed by atoms with Crippen molar-refractivity contribution in [2.24, 2.45) is 0 Å². The first kappa shape index (κ1) is 13.3. The van der Waals surface area contributed by atoms with Gasteiger partial charge in [0.05, 0.1) is 0 Å². The van der Waals surface area contributed by atoms with Crippen LogP contribution in [-0.4, -0.2) is 74.2 Å². The highest BCUT2D eigenvalue weighted by molar-refractivity contribution is 7.15. The van der Waals surface area contributed by atoms with Gasteiger partial charge in [-0.3, -0.25) is 4.90 Å². The SMILES string of the molecule is CN1CCN(c2ncc(CN3CCNCC3)s2)CC1. The maximum absolute atomic E-state index is 4.61. The van der Waals surface area contributed by atoms with E-state index in [0.29, 0.717) is 0 Å². The second-order valence-corrected chi connectivity index (χ2v) is 6.52. The van der Waals surface area contributed by atoms with Gasteiger partial charge in [-0.05, 0) is 7.05 Å². The molecule has 0 radical (unpaired) electrons. The fourth-order valence-electron chi connectivity index (χ4n) is 2.60. The maximum Gasteiger partial charge on any atom is 0.185 e. The summed E-state index contributed by atoms with van der Waals surface area (Å²) in [6, 6.07) is 0. The lowest BCUT2D eigenvalue weighted by Crippen LogP contribution is -2.44. The van der Waals surface area contributed by atoms with Crippen LogP contribution >= 0.6 is 11.3 Å². The Bertz CT molecular complexity index is 393. The minimum Gasteiger partial charge on any atom is -0.346 e. The van der Waals surface area contributed by atoms with Crippen molar-refractivity contribution in [1.29, 1.82) is 0 Å². The number of anilines is 1. The molecule has 6 heteroatoms. The van der Waals surface area contributed by atoms with Gasteiger partial charge >= 0.3 is 0 Å². The van der Waals surface area contributed by atoms with Crippen LogP contribution in [0.5, 0.6) is 0 Å². The van der Waals surface area contributed by atoms with E-state index in [1.165, 1.54) is 10.0 Å². The van der Waals surface area contributed by atoms with Gasteiger partial charge in [0.25, 0.3) is 0 Å². The summed E-state index contributed by atoms with van der Waals surface area (Å²) in [6.07, 6.45) is 2.07. The van der Waals surface area contributed by atoms with Gasteiger partial charge in [0.2, 0.25) is 0 Å². The lowest BCUT2D eigenvalue weighted by Gasteiger charge is -2.32. The van der Waals surface area contributed by atoms with E-state index in [0.717, 1.165) is 58.9 Å². The summed E-state index contributed by atoms with van der Waals surface area (Å²) in [5.74, 6) is 0. The van der Waals surface area contributed by atoms with Crippen molar-refractivity contribution in [3.63, 3.8) is 0 Å². The number of likely N-dealkylation sites (N-methyl/N-ethyl adjacent to an activating group) is 1. The molecule has 0 bridgehead atoms. The third-order valence-electron chi connectivity index (χ3n) is 3.90. The molecule has 0 aromatic carbocycles. The Balaban J connectivity index is 1.56. The molecule has 0 saturated carbocycles. The Morgan fingerprint density at radius 3 is 2.63 bits per heavy atom. The molecular formula is C13H23N5S. The molecule has 0 unspecified atom stereocenters. The lowest BCUT2D eigenvalue weighted by atomic mass is 10.3. The van der Waals surface area contributed by atoms with Gasteiger partial charge in [-0.15, -0.1) is 11.3 Å². The van der Waals surface area contributed by atoms with E-state index in [1.54, 1.807) is 0 Å². The molecule has 0 spiro atoms. The molecule has 2 fully saturated rings. The monoisotopic (exact) mass is 281 g/mol. The van der Waals surface area contributed by atoms with Gasteiger partial charge in [0, 0.05) is 70.0 Å². The predicted octanol–water partition coefficient (Wildman–Crippen LogP) is 0.300. The highest BCUT2D eigenvalue weighted by Crippen LogP contribution is 2.24. The lowest BCUT2D eigenvalue weighted by molar-refractivity contribution is 0.235. The van der Waals surface area contributed by atoms with Crippen LogP contribution in [0.25, 0.3) is 0 Å². The molecule has 2 saturated heterocycles. The molecule has 2 aliphatic rings. The second kappa shape index (κ2) is 6.17. The first-order valence-corrected chi connectivity index (χ1v) is 7.94. The Hall–Kier alpha value is -0.690. The van der Waals surface area contributed by atoms with Crippen LogP contribution in [0.2, 0.25) is 0 Å². The van der Waals surface area contributed by atoms with Crippen LogP contribution < -0.4 is 10.2 Å². The number of piperazine rings is 2. The van der Waals surface area contributed by atoms with Gasteiger partial charge in [0.15, 0.2) is 5.13 Å². The first-order valence-electron chi connectivity index (χ1n) is 7.12. The maximum atomic E-state index is 4.61. The Morgan fingerprint density at radius 1 is 1.16 bits per heavy atom. The normalized spacial score (nSPS) is 22.9. The largest absolute Gasteiger partial charge is 0.346 e. The molecule has 1 N–H and O–H groups in total. The number of thiazole rings is 1. The minimum absolute atomic E-state index is 1.06. The van der Waals surface area contributed by atoms with Crippen LogP contribution in [0.1, 0.15) is 4.88 Å². The third-order valence-corrected chi connectivity index (χ3v) is 4.95. The zero-order valence-electron chi connectivity index (χ0n) is 11.6. The third kappa shape index (κ3) is 3.45. The minimum atomic E-state index is 1.06. The van der Waals surface area contributed by atoms with Crippen molar-refractivity contribution < 1.29 is 0 Å². The molecule has 5 nitrogen and oxygen atoms in total. The zero-order chi connectivity index (χ0) is 13.1. The summed E-state index contributed by atoms with van der Waals surface area (Å²) in [4.78, 5) is 13.3. The van der Waals surface area contributed by atoms with Gasteiger partial charge in [-0.25, -0.2) is 4.98 Å². The van der Waals surface area contributed by atoms with E-state index in [1.807, 2.05) is 11.3 Å². The highest BCUT2D eigenvalue weighted by atomic mass is 32.1. The van der Waals surface area contributed by atoms with Gasteiger partial charge in [-0.2, -0.15) is 0 Å². The van der Waals surface area contributed by atoms with Gasteiger partial charge < -0.3 is 15.1 Å². The van der Waals surface area contributed by atoms with Crippen LogP contribution in [0.4, 0.5) is 5.13 Å². The van der Waals surface area contributed by atoms with Crippen molar-refractivity contribution in [1.82, 2.24) is 20.1 Å². The number of hydrogen-bond acceptors (Lipinski definition) is 6. The Morgan fingerprint density at radius 2 is 1.89 bits per heavy atom. The average Bonchev–Trinajstić information content (AvgIpc) is 2.89. The molecule has 106 valence electrons. The fraction of sp³-hybridized carbons (Fsp3) is 0.769. The number of rotatable bonds is 3. The molecule has 19 heavy (non-hydrogen) atoms.